The Hall–Kier alpha value is -1.92. The minimum atomic E-state index is 0.804. The lowest BCUT2D eigenvalue weighted by molar-refractivity contribution is 0.144. The third-order valence-corrected chi connectivity index (χ3v) is 3.82. The van der Waals surface area contributed by atoms with Gasteiger partial charge in [0.1, 0.15) is 0 Å². The van der Waals surface area contributed by atoms with Crippen LogP contribution in [0.1, 0.15) is 0 Å². The molecule has 3 rings (SSSR count). The second-order valence-electron chi connectivity index (χ2n) is 5.14. The van der Waals surface area contributed by atoms with Crippen LogP contribution >= 0.6 is 0 Å². The molecule has 6 nitrogen and oxygen atoms in total. The zero-order valence-corrected chi connectivity index (χ0v) is 12.4. The van der Waals surface area contributed by atoms with Gasteiger partial charge in [0.25, 0.3) is 0 Å². The topological polar surface area (TPSA) is 46.4 Å². The summed E-state index contributed by atoms with van der Waals surface area (Å²) >= 11 is 0. The van der Waals surface area contributed by atoms with Crippen LogP contribution in [0.2, 0.25) is 0 Å². The molecule has 0 radical (unpaired) electrons. The molecular weight excluding hydrogens is 266 g/mol. The van der Waals surface area contributed by atoms with Crippen molar-refractivity contribution in [3.8, 4) is 5.82 Å². The van der Waals surface area contributed by atoms with Crippen LogP contribution in [-0.2, 0) is 4.74 Å². The van der Waals surface area contributed by atoms with Crippen molar-refractivity contribution in [1.29, 1.82) is 0 Å². The van der Waals surface area contributed by atoms with Gasteiger partial charge in [-0.25, -0.2) is 9.67 Å². The molecule has 1 fully saturated rings. The van der Waals surface area contributed by atoms with Gasteiger partial charge in [0.15, 0.2) is 5.82 Å². The van der Waals surface area contributed by atoms with Crippen molar-refractivity contribution in [2.75, 3.05) is 51.3 Å². The lowest BCUT2D eigenvalue weighted by Gasteiger charge is -2.36. The summed E-state index contributed by atoms with van der Waals surface area (Å²) in [4.78, 5) is 9.22. The quantitative estimate of drug-likeness (QED) is 0.822. The number of pyridine rings is 1. The van der Waals surface area contributed by atoms with E-state index in [-0.39, 0.29) is 0 Å². The second-order valence-corrected chi connectivity index (χ2v) is 5.14. The highest BCUT2D eigenvalue weighted by Crippen LogP contribution is 2.18. The van der Waals surface area contributed by atoms with Crippen LogP contribution in [0, 0.1) is 0 Å². The first-order valence-corrected chi connectivity index (χ1v) is 7.29. The highest BCUT2D eigenvalue weighted by atomic mass is 16.5. The summed E-state index contributed by atoms with van der Waals surface area (Å²) in [7, 11) is 1.75. The molecule has 0 aliphatic carbocycles. The van der Waals surface area contributed by atoms with Crippen LogP contribution in [-0.4, -0.2) is 66.1 Å². The second kappa shape index (κ2) is 6.69. The first-order valence-electron chi connectivity index (χ1n) is 7.29. The molecule has 1 saturated heterocycles. The van der Waals surface area contributed by atoms with Gasteiger partial charge in [-0.05, 0) is 12.1 Å². The van der Waals surface area contributed by atoms with Gasteiger partial charge in [-0.1, -0.05) is 0 Å². The van der Waals surface area contributed by atoms with Gasteiger partial charge in [0.2, 0.25) is 0 Å². The van der Waals surface area contributed by atoms with E-state index in [1.54, 1.807) is 18.0 Å². The van der Waals surface area contributed by atoms with Crippen LogP contribution in [0.5, 0.6) is 0 Å². The number of methoxy groups -OCH3 is 1. The Kier molecular flexibility index (Phi) is 4.47. The third-order valence-electron chi connectivity index (χ3n) is 3.82. The Morgan fingerprint density at radius 1 is 1.19 bits per heavy atom. The zero-order chi connectivity index (χ0) is 14.5. The smallest absolute Gasteiger partial charge is 0.155 e. The van der Waals surface area contributed by atoms with E-state index in [0.29, 0.717) is 0 Å². The monoisotopic (exact) mass is 287 g/mol. The molecule has 0 atom stereocenters. The van der Waals surface area contributed by atoms with Gasteiger partial charge in [0.05, 0.1) is 6.61 Å². The molecule has 0 unspecified atom stereocenters. The number of nitrogens with zero attached hydrogens (tertiary/aromatic N) is 5. The van der Waals surface area contributed by atoms with Gasteiger partial charge in [-0.2, -0.15) is 5.10 Å². The molecule has 21 heavy (non-hydrogen) atoms. The Balaban J connectivity index is 1.64. The molecule has 6 heteroatoms. The van der Waals surface area contributed by atoms with Crippen LogP contribution < -0.4 is 4.90 Å². The van der Waals surface area contributed by atoms with Crippen molar-refractivity contribution >= 4 is 5.69 Å². The fraction of sp³-hybridized carbons (Fsp3) is 0.467. The van der Waals surface area contributed by atoms with Crippen molar-refractivity contribution in [1.82, 2.24) is 19.7 Å². The lowest BCUT2D eigenvalue weighted by atomic mass is 10.2. The maximum atomic E-state index is 5.14. The van der Waals surface area contributed by atoms with Gasteiger partial charge in [-0.15, -0.1) is 0 Å². The van der Waals surface area contributed by atoms with E-state index in [0.717, 1.165) is 45.1 Å². The number of hydrogen-bond acceptors (Lipinski definition) is 5. The highest BCUT2D eigenvalue weighted by Gasteiger charge is 2.17. The predicted molar refractivity (Wildman–Crippen MR) is 81.9 cm³/mol. The van der Waals surface area contributed by atoms with Crippen molar-refractivity contribution in [3.05, 3.63) is 36.8 Å². The van der Waals surface area contributed by atoms with Crippen molar-refractivity contribution in [2.45, 2.75) is 0 Å². The molecule has 3 heterocycles. The molecule has 1 aliphatic heterocycles. The number of hydrogen-bond donors (Lipinski definition) is 0. The summed E-state index contributed by atoms with van der Waals surface area (Å²) in [6, 6.07) is 6.07. The van der Waals surface area contributed by atoms with E-state index < -0.39 is 0 Å². The Morgan fingerprint density at radius 2 is 2.05 bits per heavy atom. The molecule has 2 aromatic rings. The van der Waals surface area contributed by atoms with Gasteiger partial charge >= 0.3 is 0 Å². The molecule has 0 spiro atoms. The van der Waals surface area contributed by atoms with E-state index >= 15 is 0 Å². The molecule has 0 aromatic carbocycles. The molecule has 1 aliphatic rings. The van der Waals surface area contributed by atoms with E-state index in [9.17, 15) is 0 Å². The molecule has 0 amide bonds. The lowest BCUT2D eigenvalue weighted by Crippen LogP contribution is -2.47. The number of rotatable bonds is 5. The predicted octanol–water partition coefficient (Wildman–Crippen LogP) is 1.04. The standard InChI is InChI=1S/C15H21N5O/c1-21-12-11-18-7-9-19(10-8-18)14-3-5-16-15(13-14)20-6-2-4-17-20/h2-6,13H,7-12H2,1H3. The van der Waals surface area contributed by atoms with Crippen LogP contribution in [0.15, 0.2) is 36.8 Å². The Morgan fingerprint density at radius 3 is 2.76 bits per heavy atom. The number of ether oxygens (including phenoxy) is 1. The largest absolute Gasteiger partial charge is 0.383 e. The van der Waals surface area contributed by atoms with Crippen molar-refractivity contribution in [3.63, 3.8) is 0 Å². The number of piperazine rings is 1. The fourth-order valence-corrected chi connectivity index (χ4v) is 2.58. The summed E-state index contributed by atoms with van der Waals surface area (Å²) in [5, 5.41) is 4.23. The van der Waals surface area contributed by atoms with Gasteiger partial charge in [-0.3, -0.25) is 4.90 Å². The van der Waals surface area contributed by atoms with Crippen molar-refractivity contribution in [2.24, 2.45) is 0 Å². The Bertz CT molecular complexity index is 549. The molecule has 0 bridgehead atoms. The average molecular weight is 287 g/mol. The molecule has 0 N–H and O–H groups in total. The third kappa shape index (κ3) is 3.40. The number of aromatic nitrogens is 3. The Labute approximate surface area is 124 Å². The SMILES string of the molecule is COCCN1CCN(c2ccnc(-n3cccn3)c2)CC1. The fourth-order valence-electron chi connectivity index (χ4n) is 2.58. The summed E-state index contributed by atoms with van der Waals surface area (Å²) in [5.41, 5.74) is 1.21. The van der Waals surface area contributed by atoms with E-state index in [1.165, 1.54) is 5.69 Å². The maximum Gasteiger partial charge on any atom is 0.155 e. The van der Waals surface area contributed by atoms with E-state index in [1.807, 2.05) is 18.5 Å². The summed E-state index contributed by atoms with van der Waals surface area (Å²) < 4.78 is 6.93. The van der Waals surface area contributed by atoms with Gasteiger partial charge in [0, 0.05) is 70.2 Å². The van der Waals surface area contributed by atoms with Crippen LogP contribution in [0.3, 0.4) is 0 Å². The first kappa shape index (κ1) is 14.0. The van der Waals surface area contributed by atoms with Crippen LogP contribution in [0.4, 0.5) is 5.69 Å². The van der Waals surface area contributed by atoms with Crippen LogP contribution in [0.25, 0.3) is 5.82 Å². The molecular formula is C15H21N5O. The highest BCUT2D eigenvalue weighted by molar-refractivity contribution is 5.50. The van der Waals surface area contributed by atoms with Crippen molar-refractivity contribution < 1.29 is 4.74 Å². The number of anilines is 1. The summed E-state index contributed by atoms with van der Waals surface area (Å²) in [5.74, 6) is 0.860. The molecule has 2 aromatic heterocycles. The zero-order valence-electron chi connectivity index (χ0n) is 12.4. The molecule has 112 valence electrons. The minimum Gasteiger partial charge on any atom is -0.383 e. The first-order chi connectivity index (χ1) is 10.4. The molecule has 0 saturated carbocycles. The maximum absolute atomic E-state index is 5.14. The summed E-state index contributed by atoms with van der Waals surface area (Å²) in [6.07, 6.45) is 5.53. The van der Waals surface area contributed by atoms with Gasteiger partial charge < -0.3 is 9.64 Å². The minimum absolute atomic E-state index is 0.804. The van der Waals surface area contributed by atoms with E-state index in [2.05, 4.69) is 32.0 Å². The average Bonchev–Trinajstić information content (AvgIpc) is 3.08. The summed E-state index contributed by atoms with van der Waals surface area (Å²) in [6.45, 7) is 6.03. The normalized spacial score (nSPS) is 16.3. The van der Waals surface area contributed by atoms with E-state index in [4.69, 9.17) is 4.74 Å².